The molecule has 21 heavy (non-hydrogen) atoms. The number of benzene rings is 1. The first-order valence-corrected chi connectivity index (χ1v) is 5.94. The molecule has 0 aliphatic carbocycles. The van der Waals surface area contributed by atoms with E-state index in [-0.39, 0.29) is 11.7 Å². The number of alkyl halides is 3. The molecule has 0 bridgehead atoms. The van der Waals surface area contributed by atoms with Crippen LogP contribution in [0, 0.1) is 5.92 Å². The number of hydrogen-bond acceptors (Lipinski definition) is 4. The van der Waals surface area contributed by atoms with Gasteiger partial charge in [-0.3, -0.25) is 4.79 Å². The lowest BCUT2D eigenvalue weighted by Gasteiger charge is -2.25. The van der Waals surface area contributed by atoms with Crippen LogP contribution in [-0.2, 0) is 4.79 Å². The van der Waals surface area contributed by atoms with Crippen LogP contribution in [0.3, 0.4) is 0 Å². The topological polar surface area (TPSA) is 75.6 Å². The van der Waals surface area contributed by atoms with Crippen LogP contribution >= 0.6 is 0 Å². The third kappa shape index (κ3) is 5.07. The number of ether oxygens (including phenoxy) is 1. The number of carboxylic acid groups (broad SMARTS) is 1. The number of halogens is 3. The third-order valence-corrected chi connectivity index (χ3v) is 2.77. The molecule has 8 heteroatoms. The van der Waals surface area contributed by atoms with E-state index in [0.717, 1.165) is 24.4 Å². The molecule has 0 spiro atoms. The van der Waals surface area contributed by atoms with Gasteiger partial charge in [0.15, 0.2) is 5.78 Å². The number of hydrogen-bond donors (Lipinski definition) is 2. The fraction of sp³-hybridized carbons (Fsp3) is 0.385. The van der Waals surface area contributed by atoms with Gasteiger partial charge < -0.3 is 15.2 Å². The van der Waals surface area contributed by atoms with E-state index in [1.807, 2.05) is 24.3 Å². The number of carbonyl (C=O) groups is 2. The van der Waals surface area contributed by atoms with Crippen molar-refractivity contribution in [3.8, 4) is 5.75 Å². The summed E-state index contributed by atoms with van der Waals surface area (Å²) in [6.07, 6.45) is -5.08. The van der Waals surface area contributed by atoms with Gasteiger partial charge in [0.1, 0.15) is 5.75 Å². The monoisotopic (exact) mass is 305 g/mol. The molecule has 1 aliphatic rings. The van der Waals surface area contributed by atoms with E-state index >= 15 is 0 Å². The molecule has 1 aromatic rings. The second-order valence-electron chi connectivity index (χ2n) is 4.25. The maximum atomic E-state index is 11.7. The Kier molecular flexibility index (Phi) is 5.71. The van der Waals surface area contributed by atoms with Gasteiger partial charge in [-0.1, -0.05) is 0 Å². The highest BCUT2D eigenvalue weighted by Gasteiger charge is 2.38. The Balaban J connectivity index is 0.000000270. The molecule has 2 rings (SSSR count). The Labute approximate surface area is 118 Å². The van der Waals surface area contributed by atoms with Crippen molar-refractivity contribution in [1.82, 2.24) is 5.32 Å². The summed E-state index contributed by atoms with van der Waals surface area (Å²) in [7, 11) is 1.62. The fourth-order valence-electron chi connectivity index (χ4n) is 1.47. The molecule has 0 radical (unpaired) electrons. The Bertz CT molecular complexity index is 495. The number of carboxylic acids is 1. The summed E-state index contributed by atoms with van der Waals surface area (Å²) in [5, 5.41) is 10.2. The predicted octanol–water partition coefficient (Wildman–Crippen LogP) is 1.73. The number of aliphatic carboxylic acids is 1. The average molecular weight is 305 g/mol. The van der Waals surface area contributed by atoms with Gasteiger partial charge in [0, 0.05) is 24.6 Å². The fourth-order valence-corrected chi connectivity index (χ4v) is 1.47. The van der Waals surface area contributed by atoms with E-state index in [1.165, 1.54) is 0 Å². The first-order chi connectivity index (χ1) is 9.75. The van der Waals surface area contributed by atoms with E-state index in [4.69, 9.17) is 14.6 Å². The molecule has 0 amide bonds. The molecular formula is C13H14F3NO4. The largest absolute Gasteiger partial charge is 0.497 e. The van der Waals surface area contributed by atoms with E-state index in [9.17, 15) is 18.0 Å². The van der Waals surface area contributed by atoms with Crippen LogP contribution in [0.25, 0.3) is 0 Å². The highest BCUT2D eigenvalue weighted by Crippen LogP contribution is 2.16. The summed E-state index contributed by atoms with van der Waals surface area (Å²) in [5.41, 5.74) is 0.775. The van der Waals surface area contributed by atoms with Crippen LogP contribution in [0.4, 0.5) is 13.2 Å². The van der Waals surface area contributed by atoms with Gasteiger partial charge in [-0.15, -0.1) is 0 Å². The molecule has 0 aromatic heterocycles. The van der Waals surface area contributed by atoms with Crippen molar-refractivity contribution in [3.63, 3.8) is 0 Å². The standard InChI is InChI=1S/C11H13NO2.C2HF3O2/c1-14-10-4-2-8(3-5-10)11(13)9-6-12-7-9;3-2(4,5)1(6)7/h2-5,9,12H,6-7H2,1H3;(H,6,7). The number of ketones is 1. The molecule has 1 aliphatic heterocycles. The lowest BCUT2D eigenvalue weighted by atomic mass is 9.93. The molecule has 2 N–H and O–H groups in total. The minimum Gasteiger partial charge on any atom is -0.497 e. The quantitative estimate of drug-likeness (QED) is 0.832. The Hall–Kier alpha value is -2.09. The molecule has 1 heterocycles. The van der Waals surface area contributed by atoms with Gasteiger partial charge in [0.25, 0.3) is 0 Å². The lowest BCUT2D eigenvalue weighted by Crippen LogP contribution is -2.46. The number of carbonyl (C=O) groups excluding carboxylic acids is 1. The van der Waals surface area contributed by atoms with Crippen molar-refractivity contribution in [2.24, 2.45) is 5.92 Å². The Morgan fingerprint density at radius 3 is 2.00 bits per heavy atom. The third-order valence-electron chi connectivity index (χ3n) is 2.77. The van der Waals surface area contributed by atoms with Crippen LogP contribution < -0.4 is 10.1 Å². The maximum Gasteiger partial charge on any atom is 0.490 e. The first kappa shape index (κ1) is 17.0. The van der Waals surface area contributed by atoms with Crippen LogP contribution in [0.15, 0.2) is 24.3 Å². The summed E-state index contributed by atoms with van der Waals surface area (Å²) in [4.78, 5) is 20.6. The molecule has 0 atom stereocenters. The van der Waals surface area contributed by atoms with Crippen LogP contribution in [0.1, 0.15) is 10.4 Å². The smallest absolute Gasteiger partial charge is 0.490 e. The summed E-state index contributed by atoms with van der Waals surface area (Å²) < 4.78 is 36.8. The molecule has 5 nitrogen and oxygen atoms in total. The van der Waals surface area contributed by atoms with Gasteiger partial charge in [-0.25, -0.2) is 4.79 Å². The van der Waals surface area contributed by atoms with Crippen molar-refractivity contribution in [3.05, 3.63) is 29.8 Å². The number of rotatable bonds is 3. The van der Waals surface area contributed by atoms with Crippen molar-refractivity contribution in [2.75, 3.05) is 20.2 Å². The predicted molar refractivity (Wildman–Crippen MR) is 67.4 cm³/mol. The maximum absolute atomic E-state index is 11.7. The average Bonchev–Trinajstić information content (AvgIpc) is 2.36. The molecule has 116 valence electrons. The van der Waals surface area contributed by atoms with Gasteiger partial charge in [-0.2, -0.15) is 13.2 Å². The molecular weight excluding hydrogens is 291 g/mol. The minimum atomic E-state index is -5.08. The molecule has 1 fully saturated rings. The van der Waals surface area contributed by atoms with E-state index in [1.54, 1.807) is 7.11 Å². The highest BCUT2D eigenvalue weighted by atomic mass is 19.4. The number of methoxy groups -OCH3 is 1. The number of Topliss-reactive ketones (excluding diaryl/α,β-unsaturated/α-hetero) is 1. The molecule has 0 saturated carbocycles. The SMILES string of the molecule is COc1ccc(C(=O)C2CNC2)cc1.O=C(O)C(F)(F)F. The molecule has 1 saturated heterocycles. The zero-order valence-electron chi connectivity index (χ0n) is 11.1. The van der Waals surface area contributed by atoms with Gasteiger partial charge in [0.2, 0.25) is 0 Å². The van der Waals surface area contributed by atoms with Crippen molar-refractivity contribution in [2.45, 2.75) is 6.18 Å². The normalized spacial score (nSPS) is 14.5. The first-order valence-electron chi connectivity index (χ1n) is 5.94. The summed E-state index contributed by atoms with van der Waals surface area (Å²) in [6, 6.07) is 7.28. The zero-order chi connectivity index (χ0) is 16.0. The van der Waals surface area contributed by atoms with Crippen molar-refractivity contribution < 1.29 is 32.6 Å². The van der Waals surface area contributed by atoms with Crippen LogP contribution in [-0.4, -0.2) is 43.2 Å². The van der Waals surface area contributed by atoms with Crippen LogP contribution in [0.5, 0.6) is 5.75 Å². The van der Waals surface area contributed by atoms with Crippen molar-refractivity contribution in [1.29, 1.82) is 0 Å². The van der Waals surface area contributed by atoms with Crippen molar-refractivity contribution >= 4 is 11.8 Å². The summed E-state index contributed by atoms with van der Waals surface area (Å²) in [6.45, 7) is 1.62. The van der Waals surface area contributed by atoms with Crippen LogP contribution in [0.2, 0.25) is 0 Å². The second-order valence-corrected chi connectivity index (χ2v) is 4.25. The highest BCUT2D eigenvalue weighted by molar-refractivity contribution is 5.98. The minimum absolute atomic E-state index is 0.170. The lowest BCUT2D eigenvalue weighted by molar-refractivity contribution is -0.192. The van der Waals surface area contributed by atoms with E-state index in [0.29, 0.717) is 0 Å². The Morgan fingerprint density at radius 2 is 1.71 bits per heavy atom. The summed E-state index contributed by atoms with van der Waals surface area (Å²) >= 11 is 0. The van der Waals surface area contributed by atoms with Gasteiger partial charge in [0.05, 0.1) is 7.11 Å². The van der Waals surface area contributed by atoms with Gasteiger partial charge >= 0.3 is 12.1 Å². The van der Waals surface area contributed by atoms with Gasteiger partial charge in [-0.05, 0) is 24.3 Å². The van der Waals surface area contributed by atoms with E-state index in [2.05, 4.69) is 5.32 Å². The summed E-state index contributed by atoms with van der Waals surface area (Å²) in [5.74, 6) is -1.57. The van der Waals surface area contributed by atoms with E-state index < -0.39 is 12.1 Å². The second kappa shape index (κ2) is 7.07. The molecule has 0 unspecified atom stereocenters. The Morgan fingerprint density at radius 1 is 1.24 bits per heavy atom. The zero-order valence-corrected chi connectivity index (χ0v) is 11.1. The number of nitrogens with one attached hydrogen (secondary N) is 1. The molecule has 1 aromatic carbocycles.